The van der Waals surface area contributed by atoms with Gasteiger partial charge in [-0.25, -0.2) is 4.79 Å². The van der Waals surface area contributed by atoms with E-state index in [-0.39, 0.29) is 11.7 Å². The number of carboxylic acids is 1. The zero-order valence-corrected chi connectivity index (χ0v) is 12.0. The van der Waals surface area contributed by atoms with Gasteiger partial charge in [-0.05, 0) is 43.0 Å². The molecule has 0 amide bonds. The maximum absolute atomic E-state index is 10.5. The minimum Gasteiger partial charge on any atom is -0.490 e. The van der Waals surface area contributed by atoms with Crippen molar-refractivity contribution in [3.8, 4) is 5.75 Å². The van der Waals surface area contributed by atoms with Crippen molar-refractivity contribution in [1.29, 1.82) is 0 Å². The second-order valence-corrected chi connectivity index (χ2v) is 5.86. The Bertz CT molecular complexity index is 528. The Hall–Kier alpha value is -1.81. The summed E-state index contributed by atoms with van der Waals surface area (Å²) in [4.78, 5) is 10.5. The second-order valence-electron chi connectivity index (χ2n) is 5.86. The Morgan fingerprint density at radius 3 is 2.71 bits per heavy atom. The monoisotopic (exact) mass is 288 g/mol. The molecule has 112 valence electrons. The number of rotatable bonds is 4. The van der Waals surface area contributed by atoms with Crippen LogP contribution in [0.4, 0.5) is 0 Å². The molecule has 4 heteroatoms. The van der Waals surface area contributed by atoms with Crippen molar-refractivity contribution < 1.29 is 19.4 Å². The standard InChI is InChI=1S/C17H20O4/c18-16(19)7-4-13-2-5-14(6-3-13)21-15-8-11-20-17(12-15)9-1-10-17/h2-7,15H,1,8-12H2,(H,18,19)/b7-4+. The summed E-state index contributed by atoms with van der Waals surface area (Å²) in [5, 5.41) is 8.60. The van der Waals surface area contributed by atoms with E-state index in [1.54, 1.807) is 6.08 Å². The lowest BCUT2D eigenvalue weighted by atomic mass is 9.74. The van der Waals surface area contributed by atoms with Crippen LogP contribution in [0.5, 0.6) is 5.75 Å². The van der Waals surface area contributed by atoms with Crippen molar-refractivity contribution in [2.45, 2.75) is 43.8 Å². The molecule has 2 fully saturated rings. The van der Waals surface area contributed by atoms with Gasteiger partial charge in [0.25, 0.3) is 0 Å². The predicted octanol–water partition coefficient (Wildman–Crippen LogP) is 3.26. The molecule has 1 aliphatic heterocycles. The normalized spacial score (nSPS) is 23.9. The molecule has 0 radical (unpaired) electrons. The summed E-state index contributed by atoms with van der Waals surface area (Å²) >= 11 is 0. The van der Waals surface area contributed by atoms with Crippen molar-refractivity contribution in [2.24, 2.45) is 0 Å². The van der Waals surface area contributed by atoms with Crippen molar-refractivity contribution in [2.75, 3.05) is 6.61 Å². The highest BCUT2D eigenvalue weighted by atomic mass is 16.5. The fraction of sp³-hybridized carbons (Fsp3) is 0.471. The van der Waals surface area contributed by atoms with Gasteiger partial charge < -0.3 is 14.6 Å². The van der Waals surface area contributed by atoms with Crippen LogP contribution >= 0.6 is 0 Å². The van der Waals surface area contributed by atoms with Crippen molar-refractivity contribution in [1.82, 2.24) is 0 Å². The van der Waals surface area contributed by atoms with Crippen LogP contribution in [-0.4, -0.2) is 29.4 Å². The molecule has 1 saturated heterocycles. The Labute approximate surface area is 124 Å². The molecule has 0 bridgehead atoms. The average molecular weight is 288 g/mol. The van der Waals surface area contributed by atoms with E-state index in [0.717, 1.165) is 49.7 Å². The van der Waals surface area contributed by atoms with Gasteiger partial charge in [-0.3, -0.25) is 0 Å². The number of carboxylic acid groups (broad SMARTS) is 1. The molecule has 4 nitrogen and oxygen atoms in total. The lowest BCUT2D eigenvalue weighted by Gasteiger charge is -2.46. The molecule has 1 spiro atoms. The average Bonchev–Trinajstić information content (AvgIpc) is 2.45. The third-order valence-electron chi connectivity index (χ3n) is 4.31. The zero-order chi connectivity index (χ0) is 14.7. The summed E-state index contributed by atoms with van der Waals surface area (Å²) in [5.74, 6) is -0.104. The number of ether oxygens (including phenoxy) is 2. The fourth-order valence-corrected chi connectivity index (χ4v) is 3.02. The Morgan fingerprint density at radius 1 is 1.33 bits per heavy atom. The third-order valence-corrected chi connectivity index (χ3v) is 4.31. The lowest BCUT2D eigenvalue weighted by molar-refractivity contribution is -0.153. The van der Waals surface area contributed by atoms with Crippen LogP contribution in [0, 0.1) is 0 Å². The van der Waals surface area contributed by atoms with E-state index in [0.29, 0.717) is 0 Å². The molecule has 1 aromatic carbocycles. The molecule has 0 aromatic heterocycles. The maximum Gasteiger partial charge on any atom is 0.328 e. The first-order valence-electron chi connectivity index (χ1n) is 7.47. The topological polar surface area (TPSA) is 55.8 Å². The minimum atomic E-state index is -0.941. The minimum absolute atomic E-state index is 0.0904. The largest absolute Gasteiger partial charge is 0.490 e. The van der Waals surface area contributed by atoms with Gasteiger partial charge in [0.2, 0.25) is 0 Å². The van der Waals surface area contributed by atoms with Gasteiger partial charge in [-0.2, -0.15) is 0 Å². The van der Waals surface area contributed by atoms with E-state index in [2.05, 4.69) is 0 Å². The molecular weight excluding hydrogens is 268 g/mol. The lowest BCUT2D eigenvalue weighted by Crippen LogP contribution is -2.48. The molecule has 1 aromatic rings. The predicted molar refractivity (Wildman–Crippen MR) is 79.3 cm³/mol. The van der Waals surface area contributed by atoms with Gasteiger partial charge in [0.1, 0.15) is 11.9 Å². The van der Waals surface area contributed by atoms with E-state index in [4.69, 9.17) is 14.6 Å². The highest BCUT2D eigenvalue weighted by Gasteiger charge is 2.43. The first-order valence-corrected chi connectivity index (χ1v) is 7.47. The number of benzene rings is 1. The van der Waals surface area contributed by atoms with E-state index in [1.807, 2.05) is 24.3 Å². The van der Waals surface area contributed by atoms with E-state index in [9.17, 15) is 4.79 Å². The summed E-state index contributed by atoms with van der Waals surface area (Å²) in [6.07, 6.45) is 8.42. The second kappa shape index (κ2) is 5.90. The van der Waals surface area contributed by atoms with Crippen LogP contribution < -0.4 is 4.74 Å². The zero-order valence-electron chi connectivity index (χ0n) is 12.0. The van der Waals surface area contributed by atoms with Crippen molar-refractivity contribution in [3.05, 3.63) is 35.9 Å². The first-order chi connectivity index (χ1) is 10.2. The Balaban J connectivity index is 1.58. The summed E-state index contributed by atoms with van der Waals surface area (Å²) < 4.78 is 11.9. The van der Waals surface area contributed by atoms with Crippen molar-refractivity contribution in [3.63, 3.8) is 0 Å². The Kier molecular flexibility index (Phi) is 3.97. The first kappa shape index (κ1) is 14.1. The number of aliphatic carboxylic acids is 1. The van der Waals surface area contributed by atoms with Crippen LogP contribution in [0.3, 0.4) is 0 Å². The molecule has 1 atom stereocenters. The molecule has 1 saturated carbocycles. The fourth-order valence-electron chi connectivity index (χ4n) is 3.02. The summed E-state index contributed by atoms with van der Waals surface area (Å²) in [7, 11) is 0. The van der Waals surface area contributed by atoms with E-state index < -0.39 is 5.97 Å². The summed E-state index contributed by atoms with van der Waals surface area (Å²) in [6, 6.07) is 7.52. The molecule has 3 rings (SSSR count). The van der Waals surface area contributed by atoms with Crippen LogP contribution in [0.1, 0.15) is 37.7 Å². The molecule has 21 heavy (non-hydrogen) atoms. The third kappa shape index (κ3) is 3.45. The van der Waals surface area contributed by atoms with E-state index >= 15 is 0 Å². The van der Waals surface area contributed by atoms with Gasteiger partial charge in [-0.1, -0.05) is 12.1 Å². The van der Waals surface area contributed by atoms with Gasteiger partial charge in [0.15, 0.2) is 0 Å². The van der Waals surface area contributed by atoms with E-state index in [1.165, 1.54) is 6.42 Å². The summed E-state index contributed by atoms with van der Waals surface area (Å²) in [6.45, 7) is 0.782. The number of carbonyl (C=O) groups is 1. The highest BCUT2D eigenvalue weighted by Crippen LogP contribution is 2.43. The highest BCUT2D eigenvalue weighted by molar-refractivity contribution is 5.85. The molecule has 1 unspecified atom stereocenters. The smallest absolute Gasteiger partial charge is 0.328 e. The Morgan fingerprint density at radius 2 is 2.10 bits per heavy atom. The van der Waals surface area contributed by atoms with Gasteiger partial charge in [0.05, 0.1) is 12.2 Å². The van der Waals surface area contributed by atoms with Crippen molar-refractivity contribution >= 4 is 12.0 Å². The summed E-state index contributed by atoms with van der Waals surface area (Å²) in [5.41, 5.74) is 0.944. The number of hydrogen-bond donors (Lipinski definition) is 1. The SMILES string of the molecule is O=C(O)/C=C/c1ccc(OC2CCOC3(CCC3)C2)cc1. The molecule has 1 heterocycles. The number of hydrogen-bond acceptors (Lipinski definition) is 3. The van der Waals surface area contributed by atoms with Crippen LogP contribution in [0.15, 0.2) is 30.3 Å². The molecule has 1 N–H and O–H groups in total. The van der Waals surface area contributed by atoms with Gasteiger partial charge in [-0.15, -0.1) is 0 Å². The quantitative estimate of drug-likeness (QED) is 0.864. The maximum atomic E-state index is 10.5. The molecular formula is C17H20O4. The molecule has 1 aliphatic carbocycles. The van der Waals surface area contributed by atoms with Gasteiger partial charge >= 0.3 is 5.97 Å². The molecule has 2 aliphatic rings. The van der Waals surface area contributed by atoms with Crippen LogP contribution in [0.25, 0.3) is 6.08 Å². The van der Waals surface area contributed by atoms with Gasteiger partial charge in [0, 0.05) is 18.9 Å². The van der Waals surface area contributed by atoms with Crippen LogP contribution in [0.2, 0.25) is 0 Å². The van der Waals surface area contributed by atoms with Crippen LogP contribution in [-0.2, 0) is 9.53 Å².